The second-order valence-corrected chi connectivity index (χ2v) is 5.24. The summed E-state index contributed by atoms with van der Waals surface area (Å²) in [6, 6.07) is 6.20. The van der Waals surface area contributed by atoms with E-state index in [1.807, 2.05) is 0 Å². The van der Waals surface area contributed by atoms with Crippen molar-refractivity contribution in [2.24, 2.45) is 0 Å². The molecule has 2 N–H and O–H groups in total. The maximum absolute atomic E-state index is 12.0. The lowest BCUT2D eigenvalue weighted by atomic mass is 9.98. The first kappa shape index (κ1) is 15.5. The summed E-state index contributed by atoms with van der Waals surface area (Å²) in [6.07, 6.45) is 6.20. The van der Waals surface area contributed by atoms with E-state index in [4.69, 9.17) is 9.84 Å². The maximum Gasteiger partial charge on any atom is 0.336 e. The molecular formula is C16H21NO4. The summed E-state index contributed by atoms with van der Waals surface area (Å²) in [5, 5.41) is 11.8. The molecule has 5 heteroatoms. The van der Waals surface area contributed by atoms with Crippen molar-refractivity contribution in [3.8, 4) is 0 Å². The van der Waals surface area contributed by atoms with Crippen LogP contribution >= 0.6 is 0 Å². The summed E-state index contributed by atoms with van der Waals surface area (Å²) in [7, 11) is 0. The van der Waals surface area contributed by atoms with Gasteiger partial charge in [-0.3, -0.25) is 4.79 Å². The molecule has 2 rings (SSSR count). The van der Waals surface area contributed by atoms with E-state index in [0.29, 0.717) is 19.3 Å². The van der Waals surface area contributed by atoms with Crippen LogP contribution in [-0.4, -0.2) is 36.2 Å². The molecular weight excluding hydrogens is 270 g/mol. The Bertz CT molecular complexity index is 495. The third kappa shape index (κ3) is 4.56. The highest BCUT2D eigenvalue weighted by Crippen LogP contribution is 2.19. The first-order chi connectivity index (χ1) is 10.2. The maximum atomic E-state index is 12.0. The van der Waals surface area contributed by atoms with Crippen molar-refractivity contribution < 1.29 is 19.4 Å². The lowest BCUT2D eigenvalue weighted by Gasteiger charge is -2.22. The third-order valence-electron chi connectivity index (χ3n) is 3.70. The van der Waals surface area contributed by atoms with Gasteiger partial charge in [-0.25, -0.2) is 4.79 Å². The van der Waals surface area contributed by atoms with Gasteiger partial charge in [0.1, 0.15) is 0 Å². The highest BCUT2D eigenvalue weighted by Gasteiger charge is 2.16. The van der Waals surface area contributed by atoms with Crippen LogP contribution in [0.25, 0.3) is 0 Å². The fourth-order valence-electron chi connectivity index (χ4n) is 2.58. The Morgan fingerprint density at radius 3 is 2.48 bits per heavy atom. The number of carboxylic acid groups (broad SMARTS) is 1. The summed E-state index contributed by atoms with van der Waals surface area (Å²) in [5.41, 5.74) is 0.200. The minimum atomic E-state index is -1.10. The first-order valence-electron chi connectivity index (χ1n) is 7.40. The highest BCUT2D eigenvalue weighted by molar-refractivity contribution is 6.04. The van der Waals surface area contributed by atoms with Crippen LogP contribution in [0.2, 0.25) is 0 Å². The Hall–Kier alpha value is -1.88. The molecule has 0 unspecified atom stereocenters. The molecule has 1 aromatic rings. The molecule has 0 aliphatic heterocycles. The van der Waals surface area contributed by atoms with Crippen molar-refractivity contribution in [1.29, 1.82) is 0 Å². The molecule has 1 saturated carbocycles. The highest BCUT2D eigenvalue weighted by atomic mass is 16.5. The zero-order valence-electron chi connectivity index (χ0n) is 12.0. The number of carboxylic acids is 1. The van der Waals surface area contributed by atoms with Gasteiger partial charge >= 0.3 is 5.97 Å². The Balaban J connectivity index is 1.78. The van der Waals surface area contributed by atoms with Crippen molar-refractivity contribution in [3.63, 3.8) is 0 Å². The quantitative estimate of drug-likeness (QED) is 0.789. The summed E-state index contributed by atoms with van der Waals surface area (Å²) in [6.45, 7) is 0.856. The van der Waals surface area contributed by atoms with Gasteiger partial charge in [-0.15, -0.1) is 0 Å². The molecule has 21 heavy (non-hydrogen) atoms. The van der Waals surface area contributed by atoms with Crippen LogP contribution in [0, 0.1) is 0 Å². The molecule has 1 aromatic carbocycles. The van der Waals surface area contributed by atoms with Gasteiger partial charge in [0.25, 0.3) is 5.91 Å². The van der Waals surface area contributed by atoms with Crippen LogP contribution in [0.4, 0.5) is 0 Å². The van der Waals surface area contributed by atoms with E-state index in [9.17, 15) is 9.59 Å². The molecule has 5 nitrogen and oxygen atoms in total. The molecule has 1 fully saturated rings. The summed E-state index contributed by atoms with van der Waals surface area (Å²) in [5.74, 6) is -1.47. The minimum Gasteiger partial charge on any atom is -0.478 e. The Morgan fingerprint density at radius 1 is 1.14 bits per heavy atom. The van der Waals surface area contributed by atoms with E-state index in [2.05, 4.69) is 5.32 Å². The largest absolute Gasteiger partial charge is 0.478 e. The van der Waals surface area contributed by atoms with Crippen molar-refractivity contribution >= 4 is 11.9 Å². The molecule has 114 valence electrons. The Kier molecular flexibility index (Phi) is 5.75. The fourth-order valence-corrected chi connectivity index (χ4v) is 2.58. The lowest BCUT2D eigenvalue weighted by Crippen LogP contribution is -2.30. The third-order valence-corrected chi connectivity index (χ3v) is 3.70. The van der Waals surface area contributed by atoms with E-state index in [1.165, 1.54) is 31.4 Å². The molecule has 0 atom stereocenters. The Labute approximate surface area is 124 Å². The predicted molar refractivity (Wildman–Crippen MR) is 78.6 cm³/mol. The van der Waals surface area contributed by atoms with Gasteiger partial charge in [-0.05, 0) is 25.0 Å². The van der Waals surface area contributed by atoms with Crippen molar-refractivity contribution in [2.45, 2.75) is 38.2 Å². The number of benzene rings is 1. The molecule has 1 amide bonds. The number of hydrogen-bond donors (Lipinski definition) is 2. The summed E-state index contributed by atoms with van der Waals surface area (Å²) in [4.78, 5) is 23.0. The van der Waals surface area contributed by atoms with Crippen LogP contribution in [0.1, 0.15) is 52.8 Å². The van der Waals surface area contributed by atoms with Crippen LogP contribution in [0.3, 0.4) is 0 Å². The molecule has 0 heterocycles. The lowest BCUT2D eigenvalue weighted by molar-refractivity contribution is 0.0299. The fraction of sp³-hybridized carbons (Fsp3) is 0.500. The average Bonchev–Trinajstić information content (AvgIpc) is 2.52. The van der Waals surface area contributed by atoms with Gasteiger partial charge in [0, 0.05) is 6.54 Å². The zero-order valence-corrected chi connectivity index (χ0v) is 12.0. The second kappa shape index (κ2) is 7.78. The van der Waals surface area contributed by atoms with Gasteiger partial charge in [-0.1, -0.05) is 31.4 Å². The molecule has 1 aliphatic carbocycles. The summed E-state index contributed by atoms with van der Waals surface area (Å²) < 4.78 is 5.72. The molecule has 0 bridgehead atoms. The molecule has 0 spiro atoms. The monoisotopic (exact) mass is 291 g/mol. The molecule has 1 aliphatic rings. The van der Waals surface area contributed by atoms with Crippen LogP contribution < -0.4 is 5.32 Å². The van der Waals surface area contributed by atoms with Crippen LogP contribution in [0.15, 0.2) is 24.3 Å². The van der Waals surface area contributed by atoms with E-state index in [1.54, 1.807) is 12.1 Å². The summed E-state index contributed by atoms with van der Waals surface area (Å²) >= 11 is 0. The number of carbonyl (C=O) groups is 2. The second-order valence-electron chi connectivity index (χ2n) is 5.24. The number of carbonyl (C=O) groups excluding carboxylic acids is 1. The Morgan fingerprint density at radius 2 is 1.81 bits per heavy atom. The van der Waals surface area contributed by atoms with E-state index < -0.39 is 5.97 Å². The number of aromatic carboxylic acids is 1. The number of rotatable bonds is 6. The van der Waals surface area contributed by atoms with Crippen molar-refractivity contribution in [1.82, 2.24) is 5.32 Å². The van der Waals surface area contributed by atoms with E-state index in [0.717, 1.165) is 12.8 Å². The predicted octanol–water partition coefficient (Wildman–Crippen LogP) is 2.46. The van der Waals surface area contributed by atoms with Crippen molar-refractivity contribution in [3.05, 3.63) is 35.4 Å². The van der Waals surface area contributed by atoms with Crippen LogP contribution in [-0.2, 0) is 4.74 Å². The van der Waals surface area contributed by atoms with Gasteiger partial charge in [0.15, 0.2) is 0 Å². The standard InChI is InChI=1S/C16H21NO4/c18-15(13-8-4-5-9-14(13)16(19)20)17-10-11-21-12-6-2-1-3-7-12/h4-5,8-9,12H,1-3,6-7,10-11H2,(H,17,18)(H,19,20). The number of nitrogens with one attached hydrogen (secondary N) is 1. The van der Waals surface area contributed by atoms with Gasteiger partial charge in [0.05, 0.1) is 23.8 Å². The number of amides is 1. The van der Waals surface area contributed by atoms with E-state index >= 15 is 0 Å². The zero-order chi connectivity index (χ0) is 15.1. The molecule has 0 radical (unpaired) electrons. The van der Waals surface area contributed by atoms with Gasteiger partial charge < -0.3 is 15.2 Å². The van der Waals surface area contributed by atoms with Crippen LogP contribution in [0.5, 0.6) is 0 Å². The molecule has 0 saturated heterocycles. The van der Waals surface area contributed by atoms with Gasteiger partial charge in [-0.2, -0.15) is 0 Å². The number of ether oxygens (including phenoxy) is 1. The minimum absolute atomic E-state index is 0.0169. The average molecular weight is 291 g/mol. The number of hydrogen-bond acceptors (Lipinski definition) is 3. The normalized spacial score (nSPS) is 15.6. The smallest absolute Gasteiger partial charge is 0.336 e. The SMILES string of the molecule is O=C(O)c1ccccc1C(=O)NCCOC1CCCCC1. The first-order valence-corrected chi connectivity index (χ1v) is 7.40. The topological polar surface area (TPSA) is 75.6 Å². The van der Waals surface area contributed by atoms with Gasteiger partial charge in [0.2, 0.25) is 0 Å². The van der Waals surface area contributed by atoms with Crippen molar-refractivity contribution in [2.75, 3.05) is 13.2 Å². The molecule has 0 aromatic heterocycles. The van der Waals surface area contributed by atoms with E-state index in [-0.39, 0.29) is 17.0 Å².